The maximum atomic E-state index is 13.7. The Hall–Kier alpha value is -2.81. The molecule has 0 amide bonds. The van der Waals surface area contributed by atoms with Crippen LogP contribution in [0.4, 0.5) is 10.1 Å². The van der Waals surface area contributed by atoms with Gasteiger partial charge in [0.25, 0.3) is 0 Å². The second-order valence-electron chi connectivity index (χ2n) is 5.23. The molecule has 3 aromatic carbocycles. The van der Waals surface area contributed by atoms with Crippen molar-refractivity contribution in [2.75, 3.05) is 12.4 Å². The van der Waals surface area contributed by atoms with Crippen LogP contribution in [0.15, 0.2) is 72.8 Å². The molecule has 0 aliphatic heterocycles. The van der Waals surface area contributed by atoms with Crippen molar-refractivity contribution in [1.82, 2.24) is 0 Å². The molecule has 3 rings (SSSR count). The Balaban J connectivity index is 1.87. The van der Waals surface area contributed by atoms with Gasteiger partial charge in [0.15, 0.2) is 0 Å². The average molecular weight is 307 g/mol. The molecule has 116 valence electrons. The summed E-state index contributed by atoms with van der Waals surface area (Å²) in [6.07, 6.45) is 0. The van der Waals surface area contributed by atoms with E-state index in [1.165, 1.54) is 6.07 Å². The van der Waals surface area contributed by atoms with Crippen molar-refractivity contribution in [2.24, 2.45) is 0 Å². The van der Waals surface area contributed by atoms with E-state index in [0.717, 1.165) is 22.6 Å². The average Bonchev–Trinajstić information content (AvgIpc) is 2.61. The van der Waals surface area contributed by atoms with Gasteiger partial charge in [-0.15, -0.1) is 0 Å². The molecule has 0 aliphatic rings. The Kier molecular flexibility index (Phi) is 4.57. The Morgan fingerprint density at radius 1 is 0.870 bits per heavy atom. The lowest BCUT2D eigenvalue weighted by molar-refractivity contribution is 0.416. The lowest BCUT2D eigenvalue weighted by Gasteiger charge is -2.13. The van der Waals surface area contributed by atoms with Gasteiger partial charge < -0.3 is 10.1 Å². The highest BCUT2D eigenvalue weighted by molar-refractivity contribution is 5.72. The van der Waals surface area contributed by atoms with Crippen LogP contribution in [-0.2, 0) is 6.54 Å². The van der Waals surface area contributed by atoms with Gasteiger partial charge in [-0.25, -0.2) is 4.39 Å². The van der Waals surface area contributed by atoms with Crippen molar-refractivity contribution in [2.45, 2.75) is 6.54 Å². The standard InChI is InChI=1S/C20H18FNO/c1-23-20-12-11-16(15-7-3-2-4-8-15)13-19(20)22-14-17-9-5-6-10-18(17)21/h2-13,22H,14H2,1H3. The van der Waals surface area contributed by atoms with Gasteiger partial charge in [-0.2, -0.15) is 0 Å². The van der Waals surface area contributed by atoms with Crippen LogP contribution in [0, 0.1) is 5.82 Å². The van der Waals surface area contributed by atoms with Gasteiger partial charge in [-0.3, -0.25) is 0 Å². The highest BCUT2D eigenvalue weighted by Crippen LogP contribution is 2.31. The van der Waals surface area contributed by atoms with Crippen LogP contribution in [0.1, 0.15) is 5.56 Å². The van der Waals surface area contributed by atoms with Crippen LogP contribution in [0.2, 0.25) is 0 Å². The van der Waals surface area contributed by atoms with Crippen molar-refractivity contribution >= 4 is 5.69 Å². The molecule has 3 aromatic rings. The summed E-state index contributed by atoms with van der Waals surface area (Å²) in [6.45, 7) is 0.404. The number of benzene rings is 3. The zero-order valence-corrected chi connectivity index (χ0v) is 12.9. The normalized spacial score (nSPS) is 10.3. The van der Waals surface area contributed by atoms with Crippen LogP contribution in [-0.4, -0.2) is 7.11 Å². The molecular weight excluding hydrogens is 289 g/mol. The topological polar surface area (TPSA) is 21.3 Å². The van der Waals surface area contributed by atoms with E-state index >= 15 is 0 Å². The van der Waals surface area contributed by atoms with Gasteiger partial charge in [-0.05, 0) is 29.3 Å². The molecule has 1 N–H and O–H groups in total. The largest absolute Gasteiger partial charge is 0.495 e. The van der Waals surface area contributed by atoms with E-state index in [9.17, 15) is 4.39 Å². The third-order valence-corrected chi connectivity index (χ3v) is 3.73. The Morgan fingerprint density at radius 3 is 2.35 bits per heavy atom. The first kappa shape index (κ1) is 15.1. The van der Waals surface area contributed by atoms with Gasteiger partial charge in [0.1, 0.15) is 11.6 Å². The van der Waals surface area contributed by atoms with E-state index in [0.29, 0.717) is 12.1 Å². The Labute approximate surface area is 135 Å². The molecule has 0 atom stereocenters. The fraction of sp³-hybridized carbons (Fsp3) is 0.100. The van der Waals surface area contributed by atoms with Gasteiger partial charge in [0.05, 0.1) is 12.8 Å². The van der Waals surface area contributed by atoms with Crippen LogP contribution < -0.4 is 10.1 Å². The molecule has 0 aromatic heterocycles. The molecular formula is C20H18FNO. The molecule has 3 heteroatoms. The van der Waals surface area contributed by atoms with E-state index in [2.05, 4.69) is 17.4 Å². The smallest absolute Gasteiger partial charge is 0.141 e. The van der Waals surface area contributed by atoms with Gasteiger partial charge in [-0.1, -0.05) is 54.6 Å². The summed E-state index contributed by atoms with van der Waals surface area (Å²) in [5.41, 5.74) is 3.68. The summed E-state index contributed by atoms with van der Waals surface area (Å²) < 4.78 is 19.1. The second kappa shape index (κ2) is 6.97. The van der Waals surface area contributed by atoms with E-state index in [-0.39, 0.29) is 5.82 Å². The molecule has 0 heterocycles. The minimum Gasteiger partial charge on any atom is -0.495 e. The highest BCUT2D eigenvalue weighted by atomic mass is 19.1. The van der Waals surface area contributed by atoms with Crippen LogP contribution in [0.5, 0.6) is 5.75 Å². The van der Waals surface area contributed by atoms with Crippen molar-refractivity contribution in [3.63, 3.8) is 0 Å². The molecule has 2 nitrogen and oxygen atoms in total. The number of methoxy groups -OCH3 is 1. The SMILES string of the molecule is COc1ccc(-c2ccccc2)cc1NCc1ccccc1F. The van der Waals surface area contributed by atoms with E-state index < -0.39 is 0 Å². The first-order valence-corrected chi connectivity index (χ1v) is 7.48. The van der Waals surface area contributed by atoms with Crippen molar-refractivity contribution in [3.05, 3.63) is 84.2 Å². The summed E-state index contributed by atoms with van der Waals surface area (Å²) in [4.78, 5) is 0. The monoisotopic (exact) mass is 307 g/mol. The maximum Gasteiger partial charge on any atom is 0.141 e. The van der Waals surface area contributed by atoms with Crippen molar-refractivity contribution < 1.29 is 9.13 Å². The maximum absolute atomic E-state index is 13.7. The number of hydrogen-bond donors (Lipinski definition) is 1. The predicted octanol–water partition coefficient (Wildman–Crippen LogP) is 5.11. The van der Waals surface area contributed by atoms with E-state index in [4.69, 9.17) is 4.74 Å². The predicted molar refractivity (Wildman–Crippen MR) is 92.2 cm³/mol. The first-order valence-electron chi connectivity index (χ1n) is 7.48. The number of ether oxygens (including phenoxy) is 1. The van der Waals surface area contributed by atoms with Gasteiger partial charge in [0.2, 0.25) is 0 Å². The fourth-order valence-electron chi connectivity index (χ4n) is 2.49. The molecule has 0 bridgehead atoms. The van der Waals surface area contributed by atoms with Crippen molar-refractivity contribution in [3.8, 4) is 16.9 Å². The fourth-order valence-corrected chi connectivity index (χ4v) is 2.49. The number of rotatable bonds is 5. The molecule has 0 saturated heterocycles. The lowest BCUT2D eigenvalue weighted by Crippen LogP contribution is -2.03. The molecule has 0 unspecified atom stereocenters. The van der Waals surface area contributed by atoms with Gasteiger partial charge in [0, 0.05) is 12.1 Å². The Bertz CT molecular complexity index is 787. The zero-order valence-electron chi connectivity index (χ0n) is 12.9. The second-order valence-corrected chi connectivity index (χ2v) is 5.23. The Morgan fingerprint density at radius 2 is 1.61 bits per heavy atom. The quantitative estimate of drug-likeness (QED) is 0.707. The third kappa shape index (κ3) is 3.51. The van der Waals surface area contributed by atoms with E-state index in [1.54, 1.807) is 19.2 Å². The number of nitrogens with one attached hydrogen (secondary N) is 1. The van der Waals surface area contributed by atoms with Crippen LogP contribution >= 0.6 is 0 Å². The summed E-state index contributed by atoms with van der Waals surface area (Å²) in [7, 11) is 1.63. The zero-order chi connectivity index (χ0) is 16.1. The lowest BCUT2D eigenvalue weighted by atomic mass is 10.0. The van der Waals surface area contributed by atoms with Crippen LogP contribution in [0.25, 0.3) is 11.1 Å². The number of halogens is 1. The molecule has 23 heavy (non-hydrogen) atoms. The summed E-state index contributed by atoms with van der Waals surface area (Å²) >= 11 is 0. The minimum atomic E-state index is -0.210. The molecule has 0 spiro atoms. The first-order chi connectivity index (χ1) is 11.3. The molecule has 0 fully saturated rings. The van der Waals surface area contributed by atoms with Gasteiger partial charge >= 0.3 is 0 Å². The molecule has 0 aliphatic carbocycles. The number of hydrogen-bond acceptors (Lipinski definition) is 2. The van der Waals surface area contributed by atoms with Crippen molar-refractivity contribution in [1.29, 1.82) is 0 Å². The summed E-state index contributed by atoms with van der Waals surface area (Å²) in [5, 5.41) is 3.27. The molecule has 0 radical (unpaired) electrons. The number of anilines is 1. The van der Waals surface area contributed by atoms with E-state index in [1.807, 2.05) is 42.5 Å². The van der Waals surface area contributed by atoms with Crippen LogP contribution in [0.3, 0.4) is 0 Å². The molecule has 0 saturated carbocycles. The third-order valence-electron chi connectivity index (χ3n) is 3.73. The summed E-state index contributed by atoms with van der Waals surface area (Å²) in [5.74, 6) is 0.527. The highest BCUT2D eigenvalue weighted by Gasteiger charge is 2.07. The summed E-state index contributed by atoms with van der Waals surface area (Å²) in [6, 6.07) is 22.8. The minimum absolute atomic E-state index is 0.210.